The van der Waals surface area contributed by atoms with Crippen LogP contribution in [0.1, 0.15) is 42.6 Å². The number of hydrogen-bond donors (Lipinski definition) is 1. The lowest BCUT2D eigenvalue weighted by Gasteiger charge is -2.15. The highest BCUT2D eigenvalue weighted by Crippen LogP contribution is 2.49. The highest BCUT2D eigenvalue weighted by molar-refractivity contribution is 6.08. The third-order valence-electron chi connectivity index (χ3n) is 3.96. The zero-order valence-corrected chi connectivity index (χ0v) is 12.3. The van der Waals surface area contributed by atoms with Gasteiger partial charge in [-0.2, -0.15) is 0 Å². The molecule has 4 heteroatoms. The number of phenolic OH excluding ortho intramolecular Hbond substituents is 1. The van der Waals surface area contributed by atoms with Crippen LogP contribution >= 0.6 is 0 Å². The fraction of sp³-hybridized carbons (Fsp3) is 0.353. The molecule has 4 nitrogen and oxygen atoms in total. The topological polar surface area (TPSA) is 55.8 Å². The van der Waals surface area contributed by atoms with Gasteiger partial charge in [-0.3, -0.25) is 4.79 Å². The van der Waals surface area contributed by atoms with E-state index in [9.17, 15) is 9.90 Å². The van der Waals surface area contributed by atoms with Crippen LogP contribution < -0.4 is 4.74 Å². The van der Waals surface area contributed by atoms with Crippen LogP contribution in [-0.4, -0.2) is 23.8 Å². The van der Waals surface area contributed by atoms with E-state index < -0.39 is 6.29 Å². The van der Waals surface area contributed by atoms with Crippen LogP contribution in [0.5, 0.6) is 11.5 Å². The second-order valence-electron chi connectivity index (χ2n) is 5.30. The number of ketones is 1. The number of rotatable bonds is 3. The Morgan fingerprint density at radius 2 is 2.00 bits per heavy atom. The van der Waals surface area contributed by atoms with Gasteiger partial charge in [-0.15, -0.1) is 0 Å². The largest absolute Gasteiger partial charge is 0.507 e. The van der Waals surface area contributed by atoms with Gasteiger partial charge in [0, 0.05) is 28.9 Å². The molecule has 0 spiro atoms. The predicted molar refractivity (Wildman–Crippen MR) is 80.1 cm³/mol. The van der Waals surface area contributed by atoms with E-state index in [1.165, 1.54) is 6.92 Å². The molecule has 0 saturated heterocycles. The fourth-order valence-electron chi connectivity index (χ4n) is 3.02. The van der Waals surface area contributed by atoms with Crippen molar-refractivity contribution in [1.29, 1.82) is 0 Å². The molecule has 0 radical (unpaired) electrons. The highest BCUT2D eigenvalue weighted by atomic mass is 16.7. The Labute approximate surface area is 123 Å². The summed E-state index contributed by atoms with van der Waals surface area (Å²) in [5, 5.41) is 11.9. The summed E-state index contributed by atoms with van der Waals surface area (Å²) in [6.07, 6.45) is -0.423. The number of phenols is 1. The summed E-state index contributed by atoms with van der Waals surface area (Å²) in [7, 11) is 0. The molecule has 3 rings (SSSR count). The van der Waals surface area contributed by atoms with E-state index in [0.29, 0.717) is 23.3 Å². The summed E-state index contributed by atoms with van der Waals surface area (Å²) in [5.41, 5.74) is 1.09. The Balaban J connectivity index is 2.34. The number of fused-ring (bicyclic) bond motifs is 3. The van der Waals surface area contributed by atoms with Crippen LogP contribution in [0.15, 0.2) is 24.3 Å². The van der Waals surface area contributed by atoms with Gasteiger partial charge in [0.05, 0.1) is 5.56 Å². The molecule has 0 fully saturated rings. The van der Waals surface area contributed by atoms with Gasteiger partial charge in [-0.05, 0) is 13.8 Å². The summed E-state index contributed by atoms with van der Waals surface area (Å²) in [4.78, 5) is 12.0. The average molecular weight is 286 g/mol. The second kappa shape index (κ2) is 5.04. The SMILES string of the molecule is CCO[C@@H]1Oc2c(c(C(C)=O)c(O)c3ccccc23)[C@@H]1C. The maximum absolute atomic E-state index is 12.0. The molecule has 0 aliphatic carbocycles. The van der Waals surface area contributed by atoms with Crippen LogP contribution in [-0.2, 0) is 4.74 Å². The van der Waals surface area contributed by atoms with Gasteiger partial charge in [0.25, 0.3) is 0 Å². The van der Waals surface area contributed by atoms with E-state index >= 15 is 0 Å². The summed E-state index contributed by atoms with van der Waals surface area (Å²) in [5.74, 6) is 0.417. The van der Waals surface area contributed by atoms with Crippen molar-refractivity contribution in [2.75, 3.05) is 6.61 Å². The first-order chi connectivity index (χ1) is 10.1. The van der Waals surface area contributed by atoms with Crippen LogP contribution in [0.25, 0.3) is 10.8 Å². The molecule has 110 valence electrons. The Morgan fingerprint density at radius 1 is 1.33 bits per heavy atom. The molecular formula is C17H18O4. The number of hydrogen-bond acceptors (Lipinski definition) is 4. The van der Waals surface area contributed by atoms with E-state index in [2.05, 4.69) is 0 Å². The Hall–Kier alpha value is -2.07. The van der Waals surface area contributed by atoms with Crippen LogP contribution in [0.2, 0.25) is 0 Å². The monoisotopic (exact) mass is 286 g/mol. The zero-order chi connectivity index (χ0) is 15.1. The van der Waals surface area contributed by atoms with Gasteiger partial charge in [-0.1, -0.05) is 31.2 Å². The van der Waals surface area contributed by atoms with Crippen molar-refractivity contribution < 1.29 is 19.4 Å². The van der Waals surface area contributed by atoms with E-state index in [4.69, 9.17) is 9.47 Å². The third kappa shape index (κ3) is 1.98. The number of carbonyl (C=O) groups is 1. The molecule has 1 aliphatic heterocycles. The second-order valence-corrected chi connectivity index (χ2v) is 5.30. The van der Waals surface area contributed by atoms with Gasteiger partial charge >= 0.3 is 0 Å². The fourth-order valence-corrected chi connectivity index (χ4v) is 3.02. The van der Waals surface area contributed by atoms with Crippen LogP contribution in [0, 0.1) is 0 Å². The first kappa shape index (κ1) is 13.9. The van der Waals surface area contributed by atoms with Gasteiger partial charge in [0.15, 0.2) is 5.78 Å². The molecule has 2 aromatic carbocycles. The van der Waals surface area contributed by atoms with Crippen molar-refractivity contribution in [2.24, 2.45) is 0 Å². The maximum atomic E-state index is 12.0. The number of aromatic hydroxyl groups is 1. The lowest BCUT2D eigenvalue weighted by Crippen LogP contribution is -2.21. The number of benzene rings is 2. The summed E-state index contributed by atoms with van der Waals surface area (Å²) in [6, 6.07) is 7.40. The molecule has 1 aliphatic rings. The third-order valence-corrected chi connectivity index (χ3v) is 3.96. The van der Waals surface area contributed by atoms with Crippen LogP contribution in [0.3, 0.4) is 0 Å². The number of Topliss-reactive ketones (excluding diaryl/α,β-unsaturated/α-hetero) is 1. The molecule has 0 bridgehead atoms. The average Bonchev–Trinajstić information content (AvgIpc) is 2.78. The van der Waals surface area contributed by atoms with Gasteiger partial charge in [-0.25, -0.2) is 0 Å². The molecule has 21 heavy (non-hydrogen) atoms. The minimum atomic E-state index is -0.423. The van der Waals surface area contributed by atoms with Crippen molar-refractivity contribution in [3.05, 3.63) is 35.4 Å². The Morgan fingerprint density at radius 3 is 2.62 bits per heavy atom. The van der Waals surface area contributed by atoms with E-state index in [1.807, 2.05) is 32.0 Å². The lowest BCUT2D eigenvalue weighted by molar-refractivity contribution is -0.0728. The van der Waals surface area contributed by atoms with Crippen molar-refractivity contribution in [1.82, 2.24) is 0 Å². The molecular weight excluding hydrogens is 268 g/mol. The Kier molecular flexibility index (Phi) is 3.33. The number of ether oxygens (including phenoxy) is 2. The predicted octanol–water partition coefficient (Wildman–Crippen LogP) is 3.61. The van der Waals surface area contributed by atoms with Gasteiger partial charge in [0.1, 0.15) is 11.5 Å². The van der Waals surface area contributed by atoms with Crippen molar-refractivity contribution >= 4 is 16.6 Å². The van der Waals surface area contributed by atoms with Gasteiger partial charge in [0.2, 0.25) is 6.29 Å². The van der Waals surface area contributed by atoms with Crippen molar-refractivity contribution in [3.8, 4) is 11.5 Å². The minimum absolute atomic E-state index is 0.0319. The van der Waals surface area contributed by atoms with E-state index in [0.717, 1.165) is 10.9 Å². The summed E-state index contributed by atoms with van der Waals surface area (Å²) >= 11 is 0. The normalized spacial score (nSPS) is 20.3. The quantitative estimate of drug-likeness (QED) is 0.876. The van der Waals surface area contributed by atoms with Gasteiger partial charge < -0.3 is 14.6 Å². The van der Waals surface area contributed by atoms with Crippen LogP contribution in [0.4, 0.5) is 0 Å². The molecule has 0 saturated carbocycles. The van der Waals surface area contributed by atoms with Crippen molar-refractivity contribution in [2.45, 2.75) is 33.0 Å². The van der Waals surface area contributed by atoms with E-state index in [-0.39, 0.29) is 17.5 Å². The minimum Gasteiger partial charge on any atom is -0.507 e. The zero-order valence-electron chi connectivity index (χ0n) is 12.3. The van der Waals surface area contributed by atoms with E-state index in [1.54, 1.807) is 6.07 Å². The highest BCUT2D eigenvalue weighted by Gasteiger charge is 2.38. The first-order valence-electron chi connectivity index (χ1n) is 7.13. The molecule has 1 heterocycles. The summed E-state index contributed by atoms with van der Waals surface area (Å²) in [6.45, 7) is 5.85. The standard InChI is InChI=1S/C17H18O4/c1-4-20-17-9(2)13-14(10(3)18)15(19)11-7-5-6-8-12(11)16(13)21-17/h5-9,17,19H,4H2,1-3H3/t9-,17+/m0/s1. The smallest absolute Gasteiger partial charge is 0.206 e. The Bertz CT molecular complexity index is 720. The molecule has 2 atom stereocenters. The van der Waals surface area contributed by atoms with Crippen molar-refractivity contribution in [3.63, 3.8) is 0 Å². The molecule has 0 amide bonds. The molecule has 0 aromatic heterocycles. The first-order valence-corrected chi connectivity index (χ1v) is 7.13. The summed E-state index contributed by atoms with van der Waals surface area (Å²) < 4.78 is 11.5. The number of carbonyl (C=O) groups excluding carboxylic acids is 1. The maximum Gasteiger partial charge on any atom is 0.206 e. The lowest BCUT2D eigenvalue weighted by atomic mass is 9.90. The molecule has 1 N–H and O–H groups in total. The molecule has 2 aromatic rings. The molecule has 0 unspecified atom stereocenters.